The van der Waals surface area contributed by atoms with E-state index in [2.05, 4.69) is 0 Å². The van der Waals surface area contributed by atoms with Crippen molar-refractivity contribution in [2.24, 2.45) is 0 Å². The van der Waals surface area contributed by atoms with E-state index < -0.39 is 48.8 Å². The Hall–Kier alpha value is -2.20. The molecular weight excluding hydrogens is 324 g/mol. The smallest absolute Gasteiger partial charge is 0.321 e. The van der Waals surface area contributed by atoms with Gasteiger partial charge in [-0.3, -0.25) is 29.0 Å². The number of nitrogens with zero attached hydrogens (tertiary/aromatic N) is 2. The number of carboxylic acid groups (broad SMARTS) is 4. The Labute approximate surface area is 141 Å². The van der Waals surface area contributed by atoms with Gasteiger partial charge in [-0.1, -0.05) is 14.9 Å². The molecule has 0 fully saturated rings. The van der Waals surface area contributed by atoms with E-state index in [4.69, 9.17) is 20.4 Å². The van der Waals surface area contributed by atoms with Gasteiger partial charge < -0.3 is 20.4 Å². The summed E-state index contributed by atoms with van der Waals surface area (Å²) in [5.41, 5.74) is 0. The van der Waals surface area contributed by atoms with E-state index in [0.717, 1.165) is 0 Å². The van der Waals surface area contributed by atoms with Gasteiger partial charge >= 0.3 is 23.9 Å². The molecule has 0 bridgehead atoms. The molecular formula is C14H28N2O8. The highest BCUT2D eigenvalue weighted by Gasteiger charge is 2.28. The molecule has 0 rings (SSSR count). The van der Waals surface area contributed by atoms with Crippen LogP contribution in [0.4, 0.5) is 0 Å². The number of hydrogen-bond donors (Lipinski definition) is 4. The Bertz CT molecular complexity index is 400. The summed E-state index contributed by atoms with van der Waals surface area (Å²) in [5, 5.41) is 35.3. The number of likely N-dealkylation sites (N-methyl/N-ethyl adjacent to an activating group) is 2. The van der Waals surface area contributed by atoms with E-state index in [-0.39, 0.29) is 27.9 Å². The highest BCUT2D eigenvalue weighted by molar-refractivity contribution is 5.81. The van der Waals surface area contributed by atoms with E-state index in [9.17, 15) is 19.2 Å². The van der Waals surface area contributed by atoms with Gasteiger partial charge in [-0.25, -0.2) is 0 Å². The highest BCUT2D eigenvalue weighted by Crippen LogP contribution is 2.06. The Morgan fingerprint density at radius 3 is 1.12 bits per heavy atom. The molecule has 0 aromatic heterocycles. The summed E-state index contributed by atoms with van der Waals surface area (Å²) in [6.07, 6.45) is -1.18. The van der Waals surface area contributed by atoms with Crippen LogP contribution < -0.4 is 0 Å². The summed E-state index contributed by atoms with van der Waals surface area (Å²) in [4.78, 5) is 45.8. The Balaban J connectivity index is -0.00000220. The first-order chi connectivity index (χ1) is 10.1. The molecule has 24 heavy (non-hydrogen) atoms. The van der Waals surface area contributed by atoms with Crippen molar-refractivity contribution in [3.63, 3.8) is 0 Å². The lowest BCUT2D eigenvalue weighted by atomic mass is 10.1. The molecule has 142 valence electrons. The van der Waals surface area contributed by atoms with Gasteiger partial charge in [0.15, 0.2) is 0 Å². The minimum Gasteiger partial charge on any atom is -0.481 e. The first kappa shape index (κ1) is 26.7. The van der Waals surface area contributed by atoms with Gasteiger partial charge in [0, 0.05) is 13.1 Å². The van der Waals surface area contributed by atoms with Crippen LogP contribution in [0, 0.1) is 0 Å². The highest BCUT2D eigenvalue weighted by atomic mass is 16.4. The van der Waals surface area contributed by atoms with Crippen LogP contribution in [0.3, 0.4) is 0 Å². The van der Waals surface area contributed by atoms with Gasteiger partial charge in [-0.05, 0) is 14.1 Å². The summed E-state index contributed by atoms with van der Waals surface area (Å²) in [6.45, 7) is 0.147. The molecule has 0 heterocycles. The molecule has 0 radical (unpaired) electrons. The third kappa shape index (κ3) is 9.74. The maximum absolute atomic E-state index is 11.0. The zero-order valence-electron chi connectivity index (χ0n) is 12.3. The average Bonchev–Trinajstić information content (AvgIpc) is 2.38. The Morgan fingerprint density at radius 2 is 0.958 bits per heavy atom. The van der Waals surface area contributed by atoms with Crippen LogP contribution in [-0.4, -0.2) is 93.4 Å². The van der Waals surface area contributed by atoms with E-state index in [1.54, 1.807) is 0 Å². The fourth-order valence-electron chi connectivity index (χ4n) is 1.82. The predicted molar refractivity (Wildman–Crippen MR) is 86.1 cm³/mol. The van der Waals surface area contributed by atoms with Gasteiger partial charge in [0.25, 0.3) is 0 Å². The maximum atomic E-state index is 11.0. The molecule has 10 nitrogen and oxygen atoms in total. The quantitative estimate of drug-likeness (QED) is 0.398. The lowest BCUT2D eigenvalue weighted by Gasteiger charge is -2.28. The molecule has 0 amide bonds. The largest absolute Gasteiger partial charge is 0.481 e. The van der Waals surface area contributed by atoms with Gasteiger partial charge in [-0.2, -0.15) is 0 Å². The predicted octanol–water partition coefficient (Wildman–Crippen LogP) is -0.0220. The third-order valence-corrected chi connectivity index (χ3v) is 3.18. The standard InChI is InChI=1S/C12H20N2O8.2CH4/c1-13(7(11(19)20)5-9(15)16)3-4-14(2)8(12(21)22)6-10(17)18;;/h7-8H,3-6H2,1-2H3,(H,15,16)(H,17,18)(H,19,20)(H,21,22);2*1H4. The van der Waals surface area contributed by atoms with Crippen LogP contribution in [0.2, 0.25) is 0 Å². The van der Waals surface area contributed by atoms with Gasteiger partial charge in [-0.15, -0.1) is 0 Å². The minimum absolute atomic E-state index is 0. The van der Waals surface area contributed by atoms with Crippen LogP contribution >= 0.6 is 0 Å². The van der Waals surface area contributed by atoms with E-state index in [1.165, 1.54) is 23.9 Å². The van der Waals surface area contributed by atoms with Crippen LogP contribution in [0.1, 0.15) is 27.7 Å². The van der Waals surface area contributed by atoms with Crippen molar-refractivity contribution in [2.75, 3.05) is 27.2 Å². The fraction of sp³-hybridized carbons (Fsp3) is 0.714. The Morgan fingerprint density at radius 1 is 0.708 bits per heavy atom. The van der Waals surface area contributed by atoms with Crippen molar-refractivity contribution in [1.29, 1.82) is 0 Å². The van der Waals surface area contributed by atoms with Crippen molar-refractivity contribution in [2.45, 2.75) is 39.8 Å². The van der Waals surface area contributed by atoms with Gasteiger partial charge in [0.2, 0.25) is 0 Å². The van der Waals surface area contributed by atoms with Crippen LogP contribution in [0.25, 0.3) is 0 Å². The number of aliphatic carboxylic acids is 4. The lowest BCUT2D eigenvalue weighted by Crippen LogP contribution is -2.47. The topological polar surface area (TPSA) is 156 Å². The normalized spacial score (nSPS) is 12.7. The summed E-state index contributed by atoms with van der Waals surface area (Å²) in [6, 6.07) is -2.48. The summed E-state index contributed by atoms with van der Waals surface area (Å²) in [5.74, 6) is -5.12. The zero-order chi connectivity index (χ0) is 17.4. The first-order valence-electron chi connectivity index (χ1n) is 6.36. The molecule has 2 unspecified atom stereocenters. The number of carboxylic acids is 4. The molecule has 0 saturated carbocycles. The van der Waals surface area contributed by atoms with Gasteiger partial charge in [0.05, 0.1) is 12.8 Å². The Kier molecular flexibility index (Phi) is 13.6. The maximum Gasteiger partial charge on any atom is 0.321 e. The van der Waals surface area contributed by atoms with E-state index in [0.29, 0.717) is 0 Å². The molecule has 0 spiro atoms. The van der Waals surface area contributed by atoms with Crippen LogP contribution in [0.5, 0.6) is 0 Å². The second kappa shape index (κ2) is 12.3. The SMILES string of the molecule is C.C.CN(CCN(C)C(CC(=O)O)C(=O)O)C(CC(=O)O)C(=O)O. The molecule has 0 aliphatic carbocycles. The van der Waals surface area contributed by atoms with Crippen molar-refractivity contribution in [3.8, 4) is 0 Å². The zero-order valence-corrected chi connectivity index (χ0v) is 12.3. The second-order valence-electron chi connectivity index (χ2n) is 4.87. The average molecular weight is 352 g/mol. The summed E-state index contributed by atoms with van der Waals surface area (Å²) in [7, 11) is 2.81. The fourth-order valence-corrected chi connectivity index (χ4v) is 1.82. The van der Waals surface area contributed by atoms with E-state index >= 15 is 0 Å². The number of hydrogen-bond acceptors (Lipinski definition) is 6. The van der Waals surface area contributed by atoms with Crippen molar-refractivity contribution in [1.82, 2.24) is 9.80 Å². The number of rotatable bonds is 11. The molecule has 4 N–H and O–H groups in total. The summed E-state index contributed by atoms with van der Waals surface area (Å²) < 4.78 is 0. The van der Waals surface area contributed by atoms with Crippen molar-refractivity contribution >= 4 is 23.9 Å². The molecule has 0 aromatic carbocycles. The molecule has 0 aromatic rings. The molecule has 0 aliphatic heterocycles. The number of carbonyl (C=O) groups is 4. The van der Waals surface area contributed by atoms with Gasteiger partial charge in [0.1, 0.15) is 12.1 Å². The van der Waals surface area contributed by atoms with Crippen LogP contribution in [-0.2, 0) is 19.2 Å². The van der Waals surface area contributed by atoms with Crippen molar-refractivity contribution < 1.29 is 39.6 Å². The first-order valence-corrected chi connectivity index (χ1v) is 6.36. The minimum atomic E-state index is -1.30. The van der Waals surface area contributed by atoms with Crippen molar-refractivity contribution in [3.05, 3.63) is 0 Å². The molecule has 2 atom stereocenters. The summed E-state index contributed by atoms with van der Waals surface area (Å²) >= 11 is 0. The lowest BCUT2D eigenvalue weighted by molar-refractivity contribution is -0.150. The monoisotopic (exact) mass is 352 g/mol. The molecule has 0 saturated heterocycles. The molecule has 0 aliphatic rings. The van der Waals surface area contributed by atoms with Crippen LogP contribution in [0.15, 0.2) is 0 Å². The second-order valence-corrected chi connectivity index (χ2v) is 4.87. The van der Waals surface area contributed by atoms with E-state index in [1.807, 2.05) is 0 Å². The third-order valence-electron chi connectivity index (χ3n) is 3.18. The molecule has 10 heteroatoms.